The van der Waals surface area contributed by atoms with Crippen LogP contribution >= 0.6 is 11.3 Å². The van der Waals surface area contributed by atoms with Crippen molar-refractivity contribution in [2.75, 3.05) is 0 Å². The molecule has 0 amide bonds. The molecule has 6 nitrogen and oxygen atoms in total. The van der Waals surface area contributed by atoms with Crippen LogP contribution in [0.15, 0.2) is 64.9 Å². The van der Waals surface area contributed by atoms with Gasteiger partial charge in [-0.15, -0.1) is 16.4 Å². The molecule has 3 heterocycles. The lowest BCUT2D eigenvalue weighted by atomic mass is 10.2. The molecule has 4 aromatic rings. The summed E-state index contributed by atoms with van der Waals surface area (Å²) >= 11 is 1.56. The molecule has 1 aromatic carbocycles. The van der Waals surface area contributed by atoms with Gasteiger partial charge in [-0.25, -0.2) is 14.5 Å². The lowest BCUT2D eigenvalue weighted by molar-refractivity contribution is 0.638. The molecular formula is C18H15N5OS. The topological polar surface area (TPSA) is 65.6 Å². The van der Waals surface area contributed by atoms with Crippen LogP contribution in [-0.4, -0.2) is 24.3 Å². The molecule has 0 fully saturated rings. The molecule has 0 aliphatic rings. The second-order valence-corrected chi connectivity index (χ2v) is 6.41. The highest BCUT2D eigenvalue weighted by molar-refractivity contribution is 7.13. The summed E-state index contributed by atoms with van der Waals surface area (Å²) in [7, 11) is 1.70. The molecule has 3 aromatic heterocycles. The Bertz CT molecular complexity index is 1050. The number of thiazole rings is 1. The largest absolute Gasteiger partial charge is 0.346 e. The second-order valence-electron chi connectivity index (χ2n) is 5.55. The van der Waals surface area contributed by atoms with Crippen molar-refractivity contribution in [1.29, 1.82) is 0 Å². The zero-order chi connectivity index (χ0) is 17.2. The lowest BCUT2D eigenvalue weighted by Gasteiger charge is -1.97. The summed E-state index contributed by atoms with van der Waals surface area (Å²) in [6.45, 7) is 0.336. The Morgan fingerprint density at radius 2 is 1.88 bits per heavy atom. The van der Waals surface area contributed by atoms with Gasteiger partial charge in [0.05, 0.1) is 12.2 Å². The van der Waals surface area contributed by atoms with Crippen LogP contribution in [0.2, 0.25) is 0 Å². The molecule has 0 radical (unpaired) electrons. The van der Waals surface area contributed by atoms with Gasteiger partial charge in [0.15, 0.2) is 5.82 Å². The van der Waals surface area contributed by atoms with E-state index in [9.17, 15) is 4.79 Å². The molecule has 0 saturated heterocycles. The summed E-state index contributed by atoms with van der Waals surface area (Å²) in [6, 6.07) is 15.5. The van der Waals surface area contributed by atoms with Crippen molar-refractivity contribution in [3.05, 3.63) is 76.3 Å². The molecular weight excluding hydrogens is 334 g/mol. The minimum Gasteiger partial charge on any atom is -0.277 e. The van der Waals surface area contributed by atoms with Crippen LogP contribution in [0.4, 0.5) is 0 Å². The molecule has 0 unspecified atom stereocenters. The monoisotopic (exact) mass is 349 g/mol. The van der Waals surface area contributed by atoms with Gasteiger partial charge in [-0.1, -0.05) is 36.4 Å². The van der Waals surface area contributed by atoms with Gasteiger partial charge in [0.25, 0.3) is 0 Å². The van der Waals surface area contributed by atoms with Gasteiger partial charge in [-0.2, -0.15) is 0 Å². The van der Waals surface area contributed by atoms with E-state index in [4.69, 9.17) is 0 Å². The van der Waals surface area contributed by atoms with Crippen molar-refractivity contribution in [3.63, 3.8) is 0 Å². The standard InChI is InChI=1S/C18H15N5OS/c1-22-16(15-9-5-6-10-19-15)21-23(18(22)24)11-14-12-25-17(20-14)13-7-3-2-4-8-13/h2-10,12H,11H2,1H3. The summed E-state index contributed by atoms with van der Waals surface area (Å²) in [4.78, 5) is 21.3. The number of hydrogen-bond donors (Lipinski definition) is 0. The van der Waals surface area contributed by atoms with Crippen LogP contribution in [0.25, 0.3) is 22.1 Å². The maximum Gasteiger partial charge on any atom is 0.346 e. The summed E-state index contributed by atoms with van der Waals surface area (Å²) in [5, 5.41) is 7.32. The Labute approximate surface area is 148 Å². The van der Waals surface area contributed by atoms with Crippen LogP contribution in [0, 0.1) is 0 Å². The summed E-state index contributed by atoms with van der Waals surface area (Å²) in [6.07, 6.45) is 1.69. The third kappa shape index (κ3) is 3.01. The lowest BCUT2D eigenvalue weighted by Crippen LogP contribution is -2.23. The van der Waals surface area contributed by atoms with Crippen LogP contribution < -0.4 is 5.69 Å². The molecule has 25 heavy (non-hydrogen) atoms. The van der Waals surface area contributed by atoms with Gasteiger partial charge in [0.1, 0.15) is 10.7 Å². The first-order valence-corrected chi connectivity index (χ1v) is 8.65. The van der Waals surface area contributed by atoms with E-state index in [1.807, 2.05) is 53.9 Å². The Kier molecular flexibility index (Phi) is 3.99. The normalized spacial score (nSPS) is 10.9. The highest BCUT2D eigenvalue weighted by Gasteiger charge is 2.14. The smallest absolute Gasteiger partial charge is 0.277 e. The SMILES string of the molecule is Cn1c(-c2ccccn2)nn(Cc2csc(-c3ccccc3)n2)c1=O. The molecule has 124 valence electrons. The first kappa shape index (κ1) is 15.5. The van der Waals surface area contributed by atoms with Gasteiger partial charge >= 0.3 is 5.69 Å². The average Bonchev–Trinajstić information content (AvgIpc) is 3.24. The predicted octanol–water partition coefficient (Wildman–Crippen LogP) is 2.82. The Morgan fingerprint density at radius 1 is 1.08 bits per heavy atom. The maximum atomic E-state index is 12.5. The molecule has 0 aliphatic carbocycles. The molecule has 0 N–H and O–H groups in total. The molecule has 7 heteroatoms. The molecule has 4 rings (SSSR count). The number of hydrogen-bond acceptors (Lipinski definition) is 5. The van der Waals surface area contributed by atoms with Crippen molar-refractivity contribution < 1.29 is 0 Å². The molecule has 0 saturated carbocycles. The van der Waals surface area contributed by atoms with Gasteiger partial charge in [0.2, 0.25) is 0 Å². The van der Waals surface area contributed by atoms with Gasteiger partial charge in [-0.3, -0.25) is 9.55 Å². The third-order valence-electron chi connectivity index (χ3n) is 3.82. The van der Waals surface area contributed by atoms with Crippen molar-refractivity contribution in [3.8, 4) is 22.1 Å². The van der Waals surface area contributed by atoms with E-state index in [1.54, 1.807) is 24.6 Å². The fraction of sp³-hybridized carbons (Fsp3) is 0.111. The van der Waals surface area contributed by atoms with Crippen molar-refractivity contribution in [2.45, 2.75) is 6.54 Å². The number of pyridine rings is 1. The van der Waals surface area contributed by atoms with E-state index < -0.39 is 0 Å². The van der Waals surface area contributed by atoms with Crippen LogP contribution in [-0.2, 0) is 13.6 Å². The third-order valence-corrected chi connectivity index (χ3v) is 4.76. The van der Waals surface area contributed by atoms with Crippen molar-refractivity contribution >= 4 is 11.3 Å². The minimum atomic E-state index is -0.185. The van der Waals surface area contributed by atoms with E-state index >= 15 is 0 Å². The average molecular weight is 349 g/mol. The first-order chi connectivity index (χ1) is 12.2. The number of rotatable bonds is 4. The van der Waals surface area contributed by atoms with Crippen LogP contribution in [0.3, 0.4) is 0 Å². The maximum absolute atomic E-state index is 12.5. The predicted molar refractivity (Wildman–Crippen MR) is 97.4 cm³/mol. The number of aromatic nitrogens is 5. The first-order valence-electron chi connectivity index (χ1n) is 7.77. The molecule has 0 atom stereocenters. The van der Waals surface area contributed by atoms with Gasteiger partial charge in [-0.05, 0) is 12.1 Å². The van der Waals surface area contributed by atoms with E-state index in [0.29, 0.717) is 18.1 Å². The molecule has 0 spiro atoms. The molecule has 0 aliphatic heterocycles. The van der Waals surface area contributed by atoms with E-state index in [2.05, 4.69) is 15.1 Å². The Balaban J connectivity index is 1.64. The quantitative estimate of drug-likeness (QED) is 0.568. The summed E-state index contributed by atoms with van der Waals surface area (Å²) in [5.41, 5.74) is 2.37. The summed E-state index contributed by atoms with van der Waals surface area (Å²) in [5.74, 6) is 0.545. The summed E-state index contributed by atoms with van der Waals surface area (Å²) < 4.78 is 2.93. The fourth-order valence-electron chi connectivity index (χ4n) is 2.56. The minimum absolute atomic E-state index is 0.185. The van der Waals surface area contributed by atoms with E-state index in [-0.39, 0.29) is 5.69 Å². The van der Waals surface area contributed by atoms with Crippen molar-refractivity contribution in [1.82, 2.24) is 24.3 Å². The highest BCUT2D eigenvalue weighted by atomic mass is 32.1. The Hall–Kier alpha value is -3.06. The van der Waals surface area contributed by atoms with Gasteiger partial charge < -0.3 is 0 Å². The fourth-order valence-corrected chi connectivity index (χ4v) is 3.37. The van der Waals surface area contributed by atoms with E-state index in [0.717, 1.165) is 16.3 Å². The van der Waals surface area contributed by atoms with Crippen molar-refractivity contribution in [2.24, 2.45) is 7.05 Å². The number of nitrogens with zero attached hydrogens (tertiary/aromatic N) is 5. The van der Waals surface area contributed by atoms with E-state index in [1.165, 1.54) is 9.25 Å². The van der Waals surface area contributed by atoms with Gasteiger partial charge in [0, 0.05) is 24.2 Å². The number of benzene rings is 1. The Morgan fingerprint density at radius 3 is 2.64 bits per heavy atom. The molecule has 0 bridgehead atoms. The highest BCUT2D eigenvalue weighted by Crippen LogP contribution is 2.23. The zero-order valence-electron chi connectivity index (χ0n) is 13.5. The van der Waals surface area contributed by atoms with Crippen LogP contribution in [0.5, 0.6) is 0 Å². The zero-order valence-corrected chi connectivity index (χ0v) is 14.3. The van der Waals surface area contributed by atoms with Crippen LogP contribution in [0.1, 0.15) is 5.69 Å². The second kappa shape index (κ2) is 6.45.